The number of benzene rings is 1. The molecule has 2 N–H and O–H groups in total. The van der Waals surface area contributed by atoms with Crippen LogP contribution in [0.4, 0.5) is 0 Å². The highest BCUT2D eigenvalue weighted by atomic mass is 16.5. The number of rotatable bonds is 2. The third kappa shape index (κ3) is 2.39. The van der Waals surface area contributed by atoms with E-state index in [0.717, 1.165) is 44.0 Å². The van der Waals surface area contributed by atoms with Crippen molar-refractivity contribution in [2.75, 3.05) is 13.2 Å². The van der Waals surface area contributed by atoms with E-state index in [2.05, 4.69) is 26.0 Å². The van der Waals surface area contributed by atoms with E-state index in [0.29, 0.717) is 5.92 Å². The summed E-state index contributed by atoms with van der Waals surface area (Å²) < 4.78 is 11.7. The Kier molecular flexibility index (Phi) is 3.63. The van der Waals surface area contributed by atoms with Crippen LogP contribution in [0.1, 0.15) is 63.0 Å². The molecule has 2 aliphatic rings. The van der Waals surface area contributed by atoms with Crippen LogP contribution in [-0.2, 0) is 5.54 Å². The molecule has 1 aromatic rings. The Morgan fingerprint density at radius 1 is 1.00 bits per heavy atom. The second-order valence-corrected chi connectivity index (χ2v) is 6.45. The SMILES string of the molecule is CC(C)c1cc2c(cc1C1(N)CCCC1)OCCCO2. The van der Waals surface area contributed by atoms with Crippen molar-refractivity contribution in [3.63, 3.8) is 0 Å². The normalized spacial score (nSPS) is 21.0. The molecule has 0 aromatic heterocycles. The summed E-state index contributed by atoms with van der Waals surface area (Å²) in [4.78, 5) is 0. The lowest BCUT2D eigenvalue weighted by atomic mass is 9.82. The molecular weight excluding hydrogens is 250 g/mol. The van der Waals surface area contributed by atoms with E-state index in [-0.39, 0.29) is 5.54 Å². The van der Waals surface area contributed by atoms with Crippen molar-refractivity contribution in [2.45, 2.75) is 57.4 Å². The van der Waals surface area contributed by atoms with Crippen molar-refractivity contribution in [3.05, 3.63) is 23.3 Å². The van der Waals surface area contributed by atoms with Gasteiger partial charge in [0.2, 0.25) is 0 Å². The highest BCUT2D eigenvalue weighted by Gasteiger charge is 2.35. The number of ether oxygens (including phenoxy) is 2. The quantitative estimate of drug-likeness (QED) is 0.895. The average molecular weight is 275 g/mol. The van der Waals surface area contributed by atoms with Crippen molar-refractivity contribution in [1.29, 1.82) is 0 Å². The molecule has 20 heavy (non-hydrogen) atoms. The summed E-state index contributed by atoms with van der Waals surface area (Å²) in [5.41, 5.74) is 9.11. The number of nitrogens with two attached hydrogens (primary N) is 1. The molecule has 0 amide bonds. The summed E-state index contributed by atoms with van der Waals surface area (Å²) in [7, 11) is 0. The number of fused-ring (bicyclic) bond motifs is 1. The van der Waals surface area contributed by atoms with E-state index in [1.54, 1.807) is 0 Å². The van der Waals surface area contributed by atoms with Crippen LogP contribution >= 0.6 is 0 Å². The fourth-order valence-electron chi connectivity index (χ4n) is 3.41. The van der Waals surface area contributed by atoms with Crippen molar-refractivity contribution in [3.8, 4) is 11.5 Å². The first-order valence-corrected chi connectivity index (χ1v) is 7.83. The van der Waals surface area contributed by atoms with Gasteiger partial charge >= 0.3 is 0 Å². The largest absolute Gasteiger partial charge is 0.490 e. The molecule has 0 bridgehead atoms. The molecule has 1 aliphatic heterocycles. The third-order valence-electron chi connectivity index (χ3n) is 4.57. The van der Waals surface area contributed by atoms with Crippen LogP contribution in [0.5, 0.6) is 11.5 Å². The van der Waals surface area contributed by atoms with Crippen molar-refractivity contribution in [1.82, 2.24) is 0 Å². The van der Waals surface area contributed by atoms with Gasteiger partial charge in [-0.2, -0.15) is 0 Å². The molecule has 0 atom stereocenters. The van der Waals surface area contributed by atoms with E-state index in [1.165, 1.54) is 24.0 Å². The second kappa shape index (κ2) is 5.28. The second-order valence-electron chi connectivity index (χ2n) is 6.45. The lowest BCUT2D eigenvalue weighted by molar-refractivity contribution is 0.296. The van der Waals surface area contributed by atoms with Crippen LogP contribution in [0.2, 0.25) is 0 Å². The topological polar surface area (TPSA) is 44.5 Å². The molecule has 0 radical (unpaired) electrons. The zero-order chi connectivity index (χ0) is 14.2. The van der Waals surface area contributed by atoms with Gasteiger partial charge in [0.05, 0.1) is 13.2 Å². The maximum Gasteiger partial charge on any atom is 0.161 e. The molecule has 3 rings (SSSR count). The van der Waals surface area contributed by atoms with Gasteiger partial charge in [-0.1, -0.05) is 26.7 Å². The summed E-state index contributed by atoms with van der Waals surface area (Å²) >= 11 is 0. The van der Waals surface area contributed by atoms with Crippen molar-refractivity contribution < 1.29 is 9.47 Å². The Balaban J connectivity index is 2.09. The van der Waals surface area contributed by atoms with E-state index in [9.17, 15) is 0 Å². The lowest BCUT2D eigenvalue weighted by Gasteiger charge is -2.29. The molecule has 3 heteroatoms. The summed E-state index contributed by atoms with van der Waals surface area (Å²) in [5.74, 6) is 2.21. The highest BCUT2D eigenvalue weighted by Crippen LogP contribution is 2.44. The van der Waals surface area contributed by atoms with Gasteiger partial charge in [-0.05, 0) is 42.0 Å². The first kappa shape index (κ1) is 13.7. The predicted molar refractivity (Wildman–Crippen MR) is 80.5 cm³/mol. The minimum absolute atomic E-state index is 0.176. The molecule has 1 saturated carbocycles. The Labute approximate surface area is 121 Å². The van der Waals surface area contributed by atoms with E-state index < -0.39 is 0 Å². The summed E-state index contributed by atoms with van der Waals surface area (Å²) in [5, 5.41) is 0. The smallest absolute Gasteiger partial charge is 0.161 e. The Morgan fingerprint density at radius 2 is 1.60 bits per heavy atom. The van der Waals surface area contributed by atoms with E-state index in [1.807, 2.05) is 0 Å². The average Bonchev–Trinajstić information content (AvgIpc) is 2.74. The molecule has 0 saturated heterocycles. The first-order valence-electron chi connectivity index (χ1n) is 7.83. The Morgan fingerprint density at radius 3 is 2.20 bits per heavy atom. The Hall–Kier alpha value is -1.22. The van der Waals surface area contributed by atoms with Crippen LogP contribution in [0.25, 0.3) is 0 Å². The summed E-state index contributed by atoms with van der Waals surface area (Å²) in [6, 6.07) is 4.31. The number of hydrogen-bond acceptors (Lipinski definition) is 3. The maximum absolute atomic E-state index is 6.69. The molecule has 1 heterocycles. The molecule has 0 spiro atoms. The monoisotopic (exact) mass is 275 g/mol. The van der Waals surface area contributed by atoms with Gasteiger partial charge in [0.25, 0.3) is 0 Å². The number of hydrogen-bond donors (Lipinski definition) is 1. The van der Waals surface area contributed by atoms with Crippen molar-refractivity contribution >= 4 is 0 Å². The summed E-state index contributed by atoms with van der Waals surface area (Å²) in [6.07, 6.45) is 5.54. The van der Waals surface area contributed by atoms with Gasteiger partial charge in [-0.25, -0.2) is 0 Å². The fourth-order valence-corrected chi connectivity index (χ4v) is 3.41. The lowest BCUT2D eigenvalue weighted by Crippen LogP contribution is -2.34. The minimum atomic E-state index is -0.176. The molecule has 0 unspecified atom stereocenters. The molecule has 1 aromatic carbocycles. The Bertz CT molecular complexity index is 490. The van der Waals surface area contributed by atoms with Crippen LogP contribution in [-0.4, -0.2) is 13.2 Å². The molecule has 3 nitrogen and oxygen atoms in total. The van der Waals surface area contributed by atoms with Gasteiger partial charge in [-0.15, -0.1) is 0 Å². The van der Waals surface area contributed by atoms with E-state index in [4.69, 9.17) is 15.2 Å². The molecule has 110 valence electrons. The van der Waals surface area contributed by atoms with Gasteiger partial charge in [-0.3, -0.25) is 0 Å². The summed E-state index contributed by atoms with van der Waals surface area (Å²) in [6.45, 7) is 5.91. The molecule has 1 fully saturated rings. The fraction of sp³-hybridized carbons (Fsp3) is 0.647. The van der Waals surface area contributed by atoms with Gasteiger partial charge in [0, 0.05) is 12.0 Å². The first-order chi connectivity index (χ1) is 9.60. The van der Waals surface area contributed by atoms with Gasteiger partial charge in [0.1, 0.15) is 0 Å². The molecule has 1 aliphatic carbocycles. The van der Waals surface area contributed by atoms with Crippen molar-refractivity contribution in [2.24, 2.45) is 5.73 Å². The molecular formula is C17H25NO2. The predicted octanol–water partition coefficient (Wildman–Crippen LogP) is 3.70. The highest BCUT2D eigenvalue weighted by molar-refractivity contribution is 5.51. The third-order valence-corrected chi connectivity index (χ3v) is 4.57. The standard InChI is InChI=1S/C17H25NO2/c1-12(2)13-10-15-16(20-9-5-8-19-15)11-14(13)17(18)6-3-4-7-17/h10-12H,3-9,18H2,1-2H3. The van der Waals surface area contributed by atoms with Gasteiger partial charge < -0.3 is 15.2 Å². The maximum atomic E-state index is 6.69. The van der Waals surface area contributed by atoms with Gasteiger partial charge in [0.15, 0.2) is 11.5 Å². The zero-order valence-electron chi connectivity index (χ0n) is 12.6. The van der Waals surface area contributed by atoms with Crippen LogP contribution in [0, 0.1) is 0 Å². The van der Waals surface area contributed by atoms with Crippen LogP contribution in [0.3, 0.4) is 0 Å². The van der Waals surface area contributed by atoms with Crippen LogP contribution in [0.15, 0.2) is 12.1 Å². The minimum Gasteiger partial charge on any atom is -0.490 e. The zero-order valence-corrected chi connectivity index (χ0v) is 12.6. The van der Waals surface area contributed by atoms with E-state index >= 15 is 0 Å². The van der Waals surface area contributed by atoms with Crippen LogP contribution < -0.4 is 15.2 Å².